The topological polar surface area (TPSA) is 78.1 Å². The number of Topliss-reactive ketones (excluding diaryl/α,β-unsaturated/α-hetero) is 1. The molecule has 0 saturated heterocycles. The molecule has 1 aliphatic carbocycles. The van der Waals surface area contributed by atoms with Crippen LogP contribution in [0, 0.1) is 0 Å². The van der Waals surface area contributed by atoms with Crippen molar-refractivity contribution in [2.45, 2.75) is 24.8 Å². The molecule has 3 aromatic rings. The highest BCUT2D eigenvalue weighted by Crippen LogP contribution is 2.48. The molecule has 176 valence electrons. The van der Waals surface area contributed by atoms with Crippen LogP contribution >= 0.6 is 15.9 Å². The molecule has 0 amide bonds. The van der Waals surface area contributed by atoms with Crippen molar-refractivity contribution in [3.8, 4) is 23.0 Å². The van der Waals surface area contributed by atoms with E-state index in [4.69, 9.17) is 18.9 Å². The van der Waals surface area contributed by atoms with Crippen LogP contribution in [0.5, 0.6) is 23.0 Å². The lowest BCUT2D eigenvalue weighted by atomic mass is 9.78. The van der Waals surface area contributed by atoms with Gasteiger partial charge in [-0.1, -0.05) is 34.1 Å². The number of allylic oxidation sites excluding steroid dienone is 1. The number of anilines is 2. The predicted octanol–water partition coefficient (Wildman–Crippen LogP) is 5.89. The number of ether oxygens (including phenoxy) is 4. The van der Waals surface area contributed by atoms with Crippen molar-refractivity contribution < 1.29 is 23.7 Å². The summed E-state index contributed by atoms with van der Waals surface area (Å²) in [6.45, 7) is 0.422. The van der Waals surface area contributed by atoms with Crippen LogP contribution in [0.25, 0.3) is 0 Å². The summed E-state index contributed by atoms with van der Waals surface area (Å²) in [6.07, 6.45) is 1.12. The molecule has 0 saturated carbocycles. The first-order chi connectivity index (χ1) is 17.1. The van der Waals surface area contributed by atoms with Crippen molar-refractivity contribution in [3.05, 3.63) is 81.5 Å². The molecule has 7 rings (SSSR count). The van der Waals surface area contributed by atoms with Gasteiger partial charge in [-0.3, -0.25) is 4.79 Å². The highest BCUT2D eigenvalue weighted by Gasteiger charge is 2.37. The van der Waals surface area contributed by atoms with Gasteiger partial charge in [0, 0.05) is 22.2 Å². The molecule has 4 aliphatic rings. The minimum atomic E-state index is -0.352. The lowest BCUT2D eigenvalue weighted by Crippen LogP contribution is -2.27. The van der Waals surface area contributed by atoms with Crippen LogP contribution in [-0.4, -0.2) is 19.4 Å². The fraction of sp³-hybridized carbons (Fsp3) is 0.222. The van der Waals surface area contributed by atoms with Crippen LogP contribution in [-0.2, 0) is 4.79 Å². The molecule has 2 N–H and O–H groups in total. The van der Waals surface area contributed by atoms with Crippen LogP contribution in [0.15, 0.2) is 70.3 Å². The first-order valence-electron chi connectivity index (χ1n) is 11.5. The van der Waals surface area contributed by atoms with Gasteiger partial charge in [-0.2, -0.15) is 0 Å². The van der Waals surface area contributed by atoms with E-state index < -0.39 is 0 Å². The molecule has 2 atom stereocenters. The smallest absolute Gasteiger partial charge is 0.231 e. The van der Waals surface area contributed by atoms with E-state index >= 15 is 0 Å². The first-order valence-corrected chi connectivity index (χ1v) is 12.3. The quantitative estimate of drug-likeness (QED) is 0.426. The van der Waals surface area contributed by atoms with Gasteiger partial charge in [-0.05, 0) is 59.9 Å². The van der Waals surface area contributed by atoms with E-state index in [0.29, 0.717) is 24.3 Å². The molecule has 0 fully saturated rings. The molecule has 2 unspecified atom stereocenters. The van der Waals surface area contributed by atoms with Gasteiger partial charge < -0.3 is 29.6 Å². The maximum Gasteiger partial charge on any atom is 0.231 e. The third kappa shape index (κ3) is 3.43. The summed E-state index contributed by atoms with van der Waals surface area (Å²) in [5.41, 5.74) is 5.55. The number of halogens is 1. The van der Waals surface area contributed by atoms with Crippen molar-refractivity contribution >= 4 is 33.1 Å². The van der Waals surface area contributed by atoms with Crippen molar-refractivity contribution in [3.63, 3.8) is 0 Å². The highest BCUT2D eigenvalue weighted by atomic mass is 79.9. The number of hydrogen-bond acceptors (Lipinski definition) is 7. The summed E-state index contributed by atoms with van der Waals surface area (Å²) in [5.74, 6) is 3.00. The average molecular weight is 533 g/mol. The Morgan fingerprint density at radius 1 is 0.800 bits per heavy atom. The monoisotopic (exact) mass is 532 g/mol. The molecule has 7 nitrogen and oxygen atoms in total. The Hall–Kier alpha value is -3.65. The van der Waals surface area contributed by atoms with Crippen LogP contribution < -0.4 is 29.6 Å². The molecule has 0 spiro atoms. The largest absolute Gasteiger partial charge is 0.454 e. The Morgan fingerprint density at radius 3 is 2.34 bits per heavy atom. The summed E-state index contributed by atoms with van der Waals surface area (Å²) in [4.78, 5) is 13.8. The number of hydrogen-bond donors (Lipinski definition) is 2. The second-order valence-corrected chi connectivity index (χ2v) is 9.86. The molecule has 0 aromatic heterocycles. The summed E-state index contributed by atoms with van der Waals surface area (Å²) in [5, 5.41) is 7.21. The summed E-state index contributed by atoms with van der Waals surface area (Å²) in [7, 11) is 0. The van der Waals surface area contributed by atoms with E-state index in [1.54, 1.807) is 0 Å². The zero-order chi connectivity index (χ0) is 23.5. The Morgan fingerprint density at radius 2 is 1.51 bits per heavy atom. The van der Waals surface area contributed by atoms with Gasteiger partial charge in [0.2, 0.25) is 13.6 Å². The van der Waals surface area contributed by atoms with Gasteiger partial charge in [-0.15, -0.1) is 0 Å². The molecule has 3 aliphatic heterocycles. The van der Waals surface area contributed by atoms with Crippen molar-refractivity contribution in [1.82, 2.24) is 0 Å². The number of fused-ring (bicyclic) bond motifs is 3. The van der Waals surface area contributed by atoms with Crippen molar-refractivity contribution in [1.29, 1.82) is 0 Å². The number of para-hydroxylation sites is 2. The first kappa shape index (κ1) is 20.7. The van der Waals surface area contributed by atoms with E-state index in [1.165, 1.54) is 0 Å². The Bertz CT molecular complexity index is 1420. The molecule has 0 bridgehead atoms. The third-order valence-electron chi connectivity index (χ3n) is 6.98. The minimum Gasteiger partial charge on any atom is -0.454 e. The maximum absolute atomic E-state index is 13.8. The van der Waals surface area contributed by atoms with Crippen LogP contribution in [0.4, 0.5) is 11.4 Å². The lowest BCUT2D eigenvalue weighted by Gasteiger charge is -2.30. The van der Waals surface area contributed by atoms with E-state index in [1.807, 2.05) is 54.6 Å². The highest BCUT2D eigenvalue weighted by molar-refractivity contribution is 9.10. The van der Waals surface area contributed by atoms with Gasteiger partial charge in [-0.25, -0.2) is 0 Å². The molecule has 3 aromatic carbocycles. The summed E-state index contributed by atoms with van der Waals surface area (Å²) in [6, 6.07) is 17.5. The van der Waals surface area contributed by atoms with E-state index in [-0.39, 0.29) is 31.3 Å². The third-order valence-corrected chi connectivity index (χ3v) is 7.67. The Balaban J connectivity index is 1.33. The van der Waals surface area contributed by atoms with Crippen LogP contribution in [0.3, 0.4) is 0 Å². The van der Waals surface area contributed by atoms with Gasteiger partial charge >= 0.3 is 0 Å². The fourth-order valence-corrected chi connectivity index (χ4v) is 5.83. The second-order valence-electron chi connectivity index (χ2n) is 9.01. The molecule has 0 radical (unpaired) electrons. The van der Waals surface area contributed by atoms with E-state index in [9.17, 15) is 4.79 Å². The molecular formula is C27H21BrN2O5. The number of benzene rings is 3. The average Bonchev–Trinajstić information content (AvgIpc) is 3.48. The number of carbonyl (C=O) groups excluding carboxylic acids is 1. The lowest BCUT2D eigenvalue weighted by molar-refractivity contribution is -0.116. The summed E-state index contributed by atoms with van der Waals surface area (Å²) < 4.78 is 23.1. The number of rotatable bonds is 2. The number of ketones is 1. The van der Waals surface area contributed by atoms with Gasteiger partial charge in [0.15, 0.2) is 28.8 Å². The molecule has 8 heteroatoms. The second kappa shape index (κ2) is 7.95. The Labute approximate surface area is 210 Å². The molecular weight excluding hydrogens is 512 g/mol. The molecule has 3 heterocycles. The van der Waals surface area contributed by atoms with Crippen LogP contribution in [0.1, 0.15) is 35.9 Å². The maximum atomic E-state index is 13.8. The van der Waals surface area contributed by atoms with Crippen molar-refractivity contribution in [2.75, 3.05) is 24.2 Å². The van der Waals surface area contributed by atoms with Gasteiger partial charge in [0.05, 0.1) is 17.4 Å². The van der Waals surface area contributed by atoms with Crippen LogP contribution in [0.2, 0.25) is 0 Å². The SMILES string of the molecule is O=C1CC(c2ccc3c(c2)OCO3)CC2=C1C(c1cc3c(cc1Br)OCO3)Nc1ccccc1N2. The van der Waals surface area contributed by atoms with E-state index in [0.717, 1.165) is 49.7 Å². The fourth-order valence-electron chi connectivity index (χ4n) is 5.28. The predicted molar refractivity (Wildman–Crippen MR) is 133 cm³/mol. The van der Waals surface area contributed by atoms with Gasteiger partial charge in [0.1, 0.15) is 0 Å². The minimum absolute atomic E-state index is 0.0364. The zero-order valence-corrected chi connectivity index (χ0v) is 20.2. The molecule has 35 heavy (non-hydrogen) atoms. The number of carbonyl (C=O) groups is 1. The van der Waals surface area contributed by atoms with Gasteiger partial charge in [0.25, 0.3) is 0 Å². The zero-order valence-electron chi connectivity index (χ0n) is 18.6. The standard InChI is InChI=1S/C27H21BrN2O5/c28-17-11-25-24(34-13-35-25)10-16(17)27-26-20(29-18-3-1-2-4-19(18)30-27)7-15(8-21(26)31)14-5-6-22-23(9-14)33-12-32-22/h1-6,9-11,15,27,29-30H,7-8,12-13H2. The van der Waals surface area contributed by atoms with Crippen molar-refractivity contribution in [2.24, 2.45) is 0 Å². The normalized spacial score (nSPS) is 21.6. The number of nitrogens with one attached hydrogen (secondary N) is 2. The summed E-state index contributed by atoms with van der Waals surface area (Å²) >= 11 is 3.71. The van der Waals surface area contributed by atoms with E-state index in [2.05, 4.69) is 26.6 Å². The Kier molecular flexibility index (Phi) is 4.70.